The molecule has 0 rings (SSSR count). The van der Waals surface area contributed by atoms with Gasteiger partial charge >= 0.3 is 17.9 Å². The smallest absolute Gasteiger partial charge is 0.306 e. The highest BCUT2D eigenvalue weighted by Gasteiger charge is 2.19. The Balaban J connectivity index is 4.24. The third-order valence-electron chi connectivity index (χ3n) is 14.2. The third-order valence-corrected chi connectivity index (χ3v) is 14.2. The maximum atomic E-state index is 12.8. The average molecular weight is 920 g/mol. The molecule has 0 aliphatic heterocycles. The van der Waals surface area contributed by atoms with Gasteiger partial charge in [0.15, 0.2) is 6.10 Å². The van der Waals surface area contributed by atoms with Crippen molar-refractivity contribution >= 4 is 17.9 Å². The number of unbranched alkanes of at least 4 members (excludes halogenated alkanes) is 36. The lowest BCUT2D eigenvalue weighted by Crippen LogP contribution is -2.30. The number of rotatable bonds is 53. The first kappa shape index (κ1) is 63.4. The summed E-state index contributed by atoms with van der Waals surface area (Å²) in [5.74, 6) is 0.865. The van der Waals surface area contributed by atoms with Gasteiger partial charge in [0, 0.05) is 19.3 Å². The number of ether oxygens (including phenoxy) is 3. The van der Waals surface area contributed by atoms with E-state index in [1.165, 1.54) is 218 Å². The molecule has 0 aliphatic carbocycles. The molecule has 65 heavy (non-hydrogen) atoms. The van der Waals surface area contributed by atoms with Gasteiger partial charge < -0.3 is 14.2 Å². The Kier molecular flexibility index (Phi) is 50.5. The van der Waals surface area contributed by atoms with Gasteiger partial charge in [-0.1, -0.05) is 291 Å². The molecule has 0 saturated heterocycles. The molecule has 386 valence electrons. The third kappa shape index (κ3) is 50.1. The monoisotopic (exact) mass is 919 g/mol. The fraction of sp³-hybridized carbons (Fsp3) is 0.949. The van der Waals surface area contributed by atoms with Crippen molar-refractivity contribution in [1.29, 1.82) is 0 Å². The Morgan fingerprint density at radius 3 is 0.800 bits per heavy atom. The Labute approximate surface area is 406 Å². The topological polar surface area (TPSA) is 78.9 Å². The molecule has 0 aromatic rings. The van der Waals surface area contributed by atoms with E-state index in [4.69, 9.17) is 14.2 Å². The minimum absolute atomic E-state index is 0.0635. The lowest BCUT2D eigenvalue weighted by molar-refractivity contribution is -0.167. The Bertz CT molecular complexity index is 997. The molecule has 0 N–H and O–H groups in total. The quantitative estimate of drug-likeness (QED) is 0.0344. The molecule has 6 heteroatoms. The van der Waals surface area contributed by atoms with Crippen molar-refractivity contribution in [1.82, 2.24) is 0 Å². The zero-order chi connectivity index (χ0) is 47.5. The van der Waals surface area contributed by atoms with E-state index in [-0.39, 0.29) is 31.1 Å². The lowest BCUT2D eigenvalue weighted by Gasteiger charge is -2.18. The second-order valence-electron chi connectivity index (χ2n) is 20.8. The Hall–Kier alpha value is -1.59. The van der Waals surface area contributed by atoms with Crippen LogP contribution in [0.5, 0.6) is 0 Å². The largest absolute Gasteiger partial charge is 0.462 e. The summed E-state index contributed by atoms with van der Waals surface area (Å²) in [7, 11) is 0. The number of esters is 3. The number of hydrogen-bond donors (Lipinski definition) is 0. The van der Waals surface area contributed by atoms with E-state index in [1.807, 2.05) is 0 Å². The van der Waals surface area contributed by atoms with Crippen molar-refractivity contribution in [2.75, 3.05) is 13.2 Å². The van der Waals surface area contributed by atoms with Crippen molar-refractivity contribution in [3.63, 3.8) is 0 Å². The van der Waals surface area contributed by atoms with Gasteiger partial charge in [0.1, 0.15) is 13.2 Å². The van der Waals surface area contributed by atoms with E-state index < -0.39 is 6.10 Å². The first-order chi connectivity index (χ1) is 31.8. The van der Waals surface area contributed by atoms with E-state index in [0.29, 0.717) is 19.3 Å². The van der Waals surface area contributed by atoms with Gasteiger partial charge in [-0.25, -0.2) is 0 Å². The maximum Gasteiger partial charge on any atom is 0.306 e. The van der Waals surface area contributed by atoms with E-state index in [0.717, 1.165) is 69.6 Å². The standard InChI is InChI=1S/C59H114O6/c1-6-9-10-11-12-13-14-15-16-17-18-19-20-24-27-30-33-39-44-49-57(60)63-52-56(53-64-58(61)50-45-40-36-35-38-43-48-55(5)8-3)65-59(62)51-46-41-34-31-28-25-22-21-23-26-29-32-37-42-47-54(4)7-2/h54-56H,6-53H2,1-5H3/t54?,55?,56-/m0/s1. The van der Waals surface area contributed by atoms with Crippen LogP contribution in [0.4, 0.5) is 0 Å². The highest BCUT2D eigenvalue weighted by molar-refractivity contribution is 5.71. The van der Waals surface area contributed by atoms with E-state index in [2.05, 4.69) is 34.6 Å². The van der Waals surface area contributed by atoms with Gasteiger partial charge in [-0.05, 0) is 31.1 Å². The molecule has 0 aromatic carbocycles. The van der Waals surface area contributed by atoms with Crippen LogP contribution in [-0.2, 0) is 28.6 Å². The van der Waals surface area contributed by atoms with Gasteiger partial charge in [-0.2, -0.15) is 0 Å². The normalized spacial score (nSPS) is 12.9. The van der Waals surface area contributed by atoms with Crippen LogP contribution in [0.3, 0.4) is 0 Å². The summed E-state index contributed by atoms with van der Waals surface area (Å²) < 4.78 is 16.9. The second kappa shape index (κ2) is 51.8. The molecule has 0 heterocycles. The first-order valence-corrected chi connectivity index (χ1v) is 29.3. The van der Waals surface area contributed by atoms with E-state index in [1.54, 1.807) is 0 Å². The van der Waals surface area contributed by atoms with Gasteiger partial charge in [-0.3, -0.25) is 14.4 Å². The fourth-order valence-electron chi connectivity index (χ4n) is 8.99. The van der Waals surface area contributed by atoms with Crippen molar-refractivity contribution < 1.29 is 28.6 Å². The van der Waals surface area contributed by atoms with Crippen LogP contribution in [0.1, 0.15) is 330 Å². The Morgan fingerprint density at radius 1 is 0.308 bits per heavy atom. The minimum Gasteiger partial charge on any atom is -0.462 e. The summed E-state index contributed by atoms with van der Waals surface area (Å²) in [5, 5.41) is 0. The number of carbonyl (C=O) groups is 3. The predicted molar refractivity (Wildman–Crippen MR) is 280 cm³/mol. The summed E-state index contributed by atoms with van der Waals surface area (Å²) in [6.45, 7) is 11.4. The first-order valence-electron chi connectivity index (χ1n) is 29.3. The molecule has 0 aliphatic rings. The molecular weight excluding hydrogens is 805 g/mol. The molecule has 6 nitrogen and oxygen atoms in total. The molecule has 0 spiro atoms. The Morgan fingerprint density at radius 2 is 0.538 bits per heavy atom. The van der Waals surface area contributed by atoms with Crippen LogP contribution in [0.2, 0.25) is 0 Å². The SMILES string of the molecule is CCCCCCCCCCCCCCCCCCCCCC(=O)OC[C@@H](COC(=O)CCCCCCCCC(C)CC)OC(=O)CCCCCCCCCCCCCCCCC(C)CC. The van der Waals surface area contributed by atoms with Crippen molar-refractivity contribution in [3.05, 3.63) is 0 Å². The highest BCUT2D eigenvalue weighted by atomic mass is 16.6. The summed E-state index contributed by atoms with van der Waals surface area (Å²) >= 11 is 0. The molecule has 0 bridgehead atoms. The molecule has 2 unspecified atom stereocenters. The van der Waals surface area contributed by atoms with Crippen LogP contribution in [0.15, 0.2) is 0 Å². The van der Waals surface area contributed by atoms with Crippen LogP contribution in [0, 0.1) is 11.8 Å². The minimum atomic E-state index is -0.763. The zero-order valence-electron chi connectivity index (χ0n) is 44.6. The van der Waals surface area contributed by atoms with Gasteiger partial charge in [0.2, 0.25) is 0 Å². The summed E-state index contributed by atoms with van der Waals surface area (Å²) in [4.78, 5) is 38.1. The van der Waals surface area contributed by atoms with Crippen LogP contribution >= 0.6 is 0 Å². The molecule has 0 fully saturated rings. The lowest BCUT2D eigenvalue weighted by atomic mass is 9.99. The highest BCUT2D eigenvalue weighted by Crippen LogP contribution is 2.19. The summed E-state index contributed by atoms with van der Waals surface area (Å²) in [6.07, 6.45) is 55.2. The van der Waals surface area contributed by atoms with E-state index >= 15 is 0 Å². The molecule has 0 amide bonds. The zero-order valence-corrected chi connectivity index (χ0v) is 44.6. The average Bonchev–Trinajstić information content (AvgIpc) is 3.30. The number of hydrogen-bond acceptors (Lipinski definition) is 6. The van der Waals surface area contributed by atoms with E-state index in [9.17, 15) is 14.4 Å². The molecule has 3 atom stereocenters. The summed E-state index contributed by atoms with van der Waals surface area (Å²) in [5.41, 5.74) is 0. The molecule has 0 radical (unpaired) electrons. The maximum absolute atomic E-state index is 12.8. The van der Waals surface area contributed by atoms with Crippen LogP contribution in [-0.4, -0.2) is 37.2 Å². The predicted octanol–water partition coefficient (Wildman–Crippen LogP) is 19.3. The van der Waals surface area contributed by atoms with Gasteiger partial charge in [0.05, 0.1) is 0 Å². The van der Waals surface area contributed by atoms with Crippen molar-refractivity contribution in [2.24, 2.45) is 11.8 Å². The summed E-state index contributed by atoms with van der Waals surface area (Å²) in [6, 6.07) is 0. The van der Waals surface area contributed by atoms with Crippen molar-refractivity contribution in [3.8, 4) is 0 Å². The fourth-order valence-corrected chi connectivity index (χ4v) is 8.99. The van der Waals surface area contributed by atoms with Crippen molar-refractivity contribution in [2.45, 2.75) is 336 Å². The van der Waals surface area contributed by atoms with Crippen LogP contribution in [0.25, 0.3) is 0 Å². The molecule has 0 aromatic heterocycles. The van der Waals surface area contributed by atoms with Gasteiger partial charge in [-0.15, -0.1) is 0 Å². The second-order valence-corrected chi connectivity index (χ2v) is 20.8. The van der Waals surface area contributed by atoms with Crippen LogP contribution < -0.4 is 0 Å². The molecule has 0 saturated carbocycles. The number of carbonyl (C=O) groups excluding carboxylic acids is 3. The van der Waals surface area contributed by atoms with Gasteiger partial charge in [0.25, 0.3) is 0 Å². The molecular formula is C59H114O6.